The molecular weight excluding hydrogens is 368 g/mol. The van der Waals surface area contributed by atoms with Crippen LogP contribution in [0.25, 0.3) is 12.2 Å². The number of nitro benzene ring substituents is 1. The fourth-order valence-electron chi connectivity index (χ4n) is 1.80. The van der Waals surface area contributed by atoms with E-state index in [2.05, 4.69) is 0 Å². The summed E-state index contributed by atoms with van der Waals surface area (Å²) in [6, 6.07) is 7.55. The van der Waals surface area contributed by atoms with E-state index in [1.54, 1.807) is 0 Å². The minimum absolute atomic E-state index is 0.0753. The topological polar surface area (TPSA) is 77.3 Å². The van der Waals surface area contributed by atoms with Crippen molar-refractivity contribution in [3.8, 4) is 0 Å². The van der Waals surface area contributed by atoms with Crippen molar-refractivity contribution in [2.75, 3.05) is 0 Å². The lowest BCUT2D eigenvalue weighted by Crippen LogP contribution is -1.95. The van der Waals surface area contributed by atoms with E-state index < -0.39 is 20.0 Å². The van der Waals surface area contributed by atoms with Gasteiger partial charge in [-0.15, -0.1) is 3.89 Å². The SMILES string of the molecule is O=[N+]([O-])c1ccc(/C=C\c2ccc(Cl)cc2S(=O)(=O)F)c(Cl)c1. The number of halogens is 3. The second-order valence-electron chi connectivity index (χ2n) is 4.42. The Balaban J connectivity index is 2.44. The summed E-state index contributed by atoms with van der Waals surface area (Å²) in [4.78, 5) is 9.48. The second kappa shape index (κ2) is 6.66. The highest BCUT2D eigenvalue weighted by molar-refractivity contribution is 7.86. The van der Waals surface area contributed by atoms with E-state index in [1.165, 1.54) is 36.4 Å². The van der Waals surface area contributed by atoms with Gasteiger partial charge in [0.15, 0.2) is 0 Å². The summed E-state index contributed by atoms with van der Waals surface area (Å²) in [5.74, 6) is 0. The maximum Gasteiger partial charge on any atom is 0.332 e. The maximum atomic E-state index is 13.3. The van der Waals surface area contributed by atoms with Gasteiger partial charge in [0.2, 0.25) is 0 Å². The summed E-state index contributed by atoms with van der Waals surface area (Å²) in [5, 5.41) is 10.8. The Morgan fingerprint density at radius 2 is 1.65 bits per heavy atom. The van der Waals surface area contributed by atoms with Crippen LogP contribution in [0.4, 0.5) is 9.57 Å². The van der Waals surface area contributed by atoms with Gasteiger partial charge in [-0.3, -0.25) is 10.1 Å². The van der Waals surface area contributed by atoms with Gasteiger partial charge in [0, 0.05) is 17.2 Å². The normalized spacial score (nSPS) is 11.8. The Morgan fingerprint density at radius 3 is 2.22 bits per heavy atom. The molecule has 0 saturated carbocycles. The highest BCUT2D eigenvalue weighted by Crippen LogP contribution is 2.27. The van der Waals surface area contributed by atoms with Gasteiger partial charge in [0.25, 0.3) is 5.69 Å². The van der Waals surface area contributed by atoms with E-state index >= 15 is 0 Å². The minimum atomic E-state index is -4.95. The Morgan fingerprint density at radius 1 is 1.04 bits per heavy atom. The fourth-order valence-corrected chi connectivity index (χ4v) is 2.96. The molecule has 0 amide bonds. The molecule has 0 spiro atoms. The lowest BCUT2D eigenvalue weighted by molar-refractivity contribution is -0.384. The van der Waals surface area contributed by atoms with Crippen molar-refractivity contribution < 1.29 is 17.2 Å². The lowest BCUT2D eigenvalue weighted by Gasteiger charge is -2.03. The second-order valence-corrected chi connectivity index (χ2v) is 6.58. The quantitative estimate of drug-likeness (QED) is 0.335. The van der Waals surface area contributed by atoms with E-state index in [0.717, 1.165) is 12.1 Å². The van der Waals surface area contributed by atoms with E-state index in [0.29, 0.717) is 5.56 Å². The molecule has 0 N–H and O–H groups in total. The molecule has 0 saturated heterocycles. The molecule has 2 rings (SSSR count). The zero-order valence-electron chi connectivity index (χ0n) is 11.2. The van der Waals surface area contributed by atoms with Crippen LogP contribution < -0.4 is 0 Å². The number of rotatable bonds is 4. The minimum Gasteiger partial charge on any atom is -0.258 e. The lowest BCUT2D eigenvalue weighted by atomic mass is 10.1. The first-order valence-corrected chi connectivity index (χ1v) is 8.18. The number of nitro groups is 1. The Labute approximate surface area is 141 Å². The molecule has 2 aromatic rings. The molecule has 9 heteroatoms. The van der Waals surface area contributed by atoms with Crippen LogP contribution in [-0.2, 0) is 10.2 Å². The summed E-state index contributed by atoms with van der Waals surface area (Å²) < 4.78 is 35.6. The van der Waals surface area contributed by atoms with Gasteiger partial charge in [0.05, 0.1) is 9.95 Å². The zero-order valence-corrected chi connectivity index (χ0v) is 13.6. The van der Waals surface area contributed by atoms with Gasteiger partial charge < -0.3 is 0 Å². The standard InChI is InChI=1S/C14H8Cl2FNO4S/c15-11-5-3-10(14(7-11)23(17,21)22)2-1-9-4-6-12(18(19)20)8-13(9)16/h1-8H/b2-1-. The smallest absolute Gasteiger partial charge is 0.258 e. The number of nitrogens with zero attached hydrogens (tertiary/aromatic N) is 1. The molecule has 0 radical (unpaired) electrons. The van der Waals surface area contributed by atoms with Crippen LogP contribution in [0.3, 0.4) is 0 Å². The van der Waals surface area contributed by atoms with Crippen molar-refractivity contribution in [1.29, 1.82) is 0 Å². The molecule has 0 aliphatic heterocycles. The summed E-state index contributed by atoms with van der Waals surface area (Å²) >= 11 is 11.6. The predicted molar refractivity (Wildman–Crippen MR) is 86.8 cm³/mol. The summed E-state index contributed by atoms with van der Waals surface area (Å²) in [6.45, 7) is 0. The third-order valence-corrected chi connectivity index (χ3v) is 4.32. The van der Waals surface area contributed by atoms with Gasteiger partial charge >= 0.3 is 10.2 Å². The van der Waals surface area contributed by atoms with Gasteiger partial charge in [-0.2, -0.15) is 8.42 Å². The van der Waals surface area contributed by atoms with Crippen LogP contribution in [0.1, 0.15) is 11.1 Å². The van der Waals surface area contributed by atoms with Crippen LogP contribution >= 0.6 is 23.2 Å². The van der Waals surface area contributed by atoms with Gasteiger partial charge in [-0.1, -0.05) is 41.4 Å². The number of hydrogen-bond donors (Lipinski definition) is 0. The molecule has 23 heavy (non-hydrogen) atoms. The van der Waals surface area contributed by atoms with E-state index in [9.17, 15) is 22.4 Å². The van der Waals surface area contributed by atoms with Crippen molar-refractivity contribution >= 4 is 51.3 Å². The summed E-state index contributed by atoms with van der Waals surface area (Å²) in [6.07, 6.45) is 2.75. The van der Waals surface area contributed by atoms with Crippen molar-refractivity contribution in [2.45, 2.75) is 4.90 Å². The van der Waals surface area contributed by atoms with Crippen LogP contribution in [0.15, 0.2) is 41.3 Å². The molecule has 0 heterocycles. The number of non-ortho nitro benzene ring substituents is 1. The largest absolute Gasteiger partial charge is 0.332 e. The maximum absolute atomic E-state index is 13.3. The summed E-state index contributed by atoms with van der Waals surface area (Å²) in [7, 11) is -4.95. The molecule has 0 atom stereocenters. The average molecular weight is 376 g/mol. The molecule has 0 aromatic heterocycles. The van der Waals surface area contributed by atoms with Crippen LogP contribution in [0, 0.1) is 10.1 Å². The van der Waals surface area contributed by atoms with Crippen LogP contribution in [0.2, 0.25) is 10.0 Å². The average Bonchev–Trinajstić information content (AvgIpc) is 2.45. The third kappa shape index (κ3) is 4.28. The van der Waals surface area contributed by atoms with E-state index in [-0.39, 0.29) is 21.3 Å². The first-order valence-electron chi connectivity index (χ1n) is 6.05. The monoisotopic (exact) mass is 375 g/mol. The van der Waals surface area contributed by atoms with E-state index in [4.69, 9.17) is 23.2 Å². The van der Waals surface area contributed by atoms with Gasteiger partial charge in [-0.05, 0) is 29.3 Å². The molecule has 0 aliphatic carbocycles. The van der Waals surface area contributed by atoms with Crippen LogP contribution in [0.5, 0.6) is 0 Å². The molecule has 5 nitrogen and oxygen atoms in total. The van der Waals surface area contributed by atoms with Crippen molar-refractivity contribution in [3.05, 3.63) is 67.7 Å². The fraction of sp³-hybridized carbons (Fsp3) is 0. The molecular formula is C14H8Cl2FNO4S. The molecule has 0 unspecified atom stereocenters. The predicted octanol–water partition coefficient (Wildman–Crippen LogP) is 4.73. The first-order chi connectivity index (χ1) is 10.7. The van der Waals surface area contributed by atoms with Gasteiger partial charge in [-0.25, -0.2) is 0 Å². The molecule has 0 aliphatic rings. The van der Waals surface area contributed by atoms with Crippen molar-refractivity contribution in [1.82, 2.24) is 0 Å². The highest BCUT2D eigenvalue weighted by atomic mass is 35.5. The van der Waals surface area contributed by atoms with Crippen LogP contribution in [-0.4, -0.2) is 13.3 Å². The molecule has 0 bridgehead atoms. The molecule has 0 fully saturated rings. The van der Waals surface area contributed by atoms with E-state index in [1.807, 2.05) is 0 Å². The Kier molecular flexibility index (Phi) is 5.03. The van der Waals surface area contributed by atoms with Crippen molar-refractivity contribution in [2.24, 2.45) is 0 Å². The van der Waals surface area contributed by atoms with Gasteiger partial charge in [0.1, 0.15) is 4.90 Å². The highest BCUT2D eigenvalue weighted by Gasteiger charge is 2.16. The molecule has 120 valence electrons. The third-order valence-electron chi connectivity index (χ3n) is 2.88. The van der Waals surface area contributed by atoms with Crippen molar-refractivity contribution in [3.63, 3.8) is 0 Å². The number of hydrogen-bond acceptors (Lipinski definition) is 4. The summed E-state index contributed by atoms with van der Waals surface area (Å²) in [5.41, 5.74) is 0.311. The Bertz CT molecular complexity index is 913. The Hall–Kier alpha value is -1.96. The first kappa shape index (κ1) is 17.4. The number of benzene rings is 2. The zero-order chi connectivity index (χ0) is 17.2. The molecule has 2 aromatic carbocycles.